The molecule has 4 N–H and O–H groups in total. The second kappa shape index (κ2) is 24.9. The van der Waals surface area contributed by atoms with Crippen molar-refractivity contribution < 1.29 is 22.0 Å². The zero-order valence-electron chi connectivity index (χ0n) is 25.4. The molecule has 1 aromatic carbocycles. The number of halogens is 5. The molecule has 228 valence electrons. The highest BCUT2D eigenvalue weighted by Crippen LogP contribution is 2.38. The smallest absolute Gasteiger partial charge is 0.398 e. The molecule has 0 spiro atoms. The Labute approximate surface area is 238 Å². The Kier molecular flexibility index (Phi) is 26.4. The number of rotatable bonds is 5. The van der Waals surface area contributed by atoms with Gasteiger partial charge in [0.25, 0.3) is 0 Å². The molecule has 2 aromatic rings. The monoisotopic (exact) mass is 581 g/mol. The fraction of sp³-hybridized carbons (Fsp3) is 0.600. The van der Waals surface area contributed by atoms with E-state index in [1.165, 1.54) is 56.5 Å². The number of alkyl halides is 5. The van der Waals surface area contributed by atoms with Crippen LogP contribution >= 0.6 is 11.3 Å². The summed E-state index contributed by atoms with van der Waals surface area (Å²) in [6.45, 7) is 20.9. The van der Waals surface area contributed by atoms with Crippen LogP contribution in [-0.2, 0) is 12.6 Å². The third kappa shape index (κ3) is 19.6. The predicted molar refractivity (Wildman–Crippen MR) is 164 cm³/mol. The van der Waals surface area contributed by atoms with Crippen molar-refractivity contribution in [3.05, 3.63) is 57.8 Å². The zero-order valence-corrected chi connectivity index (χ0v) is 26.2. The summed E-state index contributed by atoms with van der Waals surface area (Å²) in [5, 5.41) is 11.0. The minimum Gasteiger partial charge on any atom is -0.398 e. The second-order valence-electron chi connectivity index (χ2n) is 8.78. The number of anilines is 2. The van der Waals surface area contributed by atoms with Gasteiger partial charge < -0.3 is 16.4 Å². The zero-order chi connectivity index (χ0) is 31.0. The number of nitrogens with two attached hydrogens (primary N) is 1. The molecule has 0 saturated carbocycles. The number of hydrogen-bond donors (Lipinski definition) is 3. The van der Waals surface area contributed by atoms with E-state index >= 15 is 0 Å². The molecular weight excluding hydrogens is 529 g/mol. The van der Waals surface area contributed by atoms with E-state index in [1.807, 2.05) is 6.92 Å². The molecule has 0 amide bonds. The van der Waals surface area contributed by atoms with E-state index in [2.05, 4.69) is 62.6 Å². The summed E-state index contributed by atoms with van der Waals surface area (Å²) < 4.78 is 59.9. The molecule has 2 unspecified atom stereocenters. The number of nitrogens with one attached hydrogen (secondary N) is 2. The first kappa shape index (κ1) is 41.4. The van der Waals surface area contributed by atoms with Gasteiger partial charge >= 0.3 is 6.18 Å². The molecule has 0 bridgehead atoms. The van der Waals surface area contributed by atoms with Gasteiger partial charge in [0.15, 0.2) is 0 Å². The summed E-state index contributed by atoms with van der Waals surface area (Å²) in [5.41, 5.74) is 6.82. The molecule has 1 aliphatic heterocycles. The van der Waals surface area contributed by atoms with Crippen molar-refractivity contribution in [3.63, 3.8) is 0 Å². The Morgan fingerprint density at radius 3 is 2.00 bits per heavy atom. The van der Waals surface area contributed by atoms with Gasteiger partial charge in [-0.1, -0.05) is 45.8 Å². The highest BCUT2D eigenvalue weighted by atomic mass is 32.1. The normalized spacial score (nSPS) is 13.8. The summed E-state index contributed by atoms with van der Waals surface area (Å²) >= 11 is 1.78. The second-order valence-corrected chi connectivity index (χ2v) is 9.52. The SMILES string of the molecule is C=CC.CC1CCN1.CCC.CCCc1cscc1NCC.CF.Cc1cc(C(C)F)c(N)c(C(F)(F)F)c1. The summed E-state index contributed by atoms with van der Waals surface area (Å²) in [7, 11) is 0.500. The van der Waals surface area contributed by atoms with Gasteiger partial charge in [-0.15, -0.1) is 17.9 Å². The lowest BCUT2D eigenvalue weighted by atomic mass is 10.0. The number of hydrogen-bond acceptors (Lipinski definition) is 4. The van der Waals surface area contributed by atoms with E-state index in [9.17, 15) is 22.0 Å². The molecule has 1 saturated heterocycles. The van der Waals surface area contributed by atoms with Gasteiger partial charge in [0.05, 0.1) is 12.7 Å². The molecule has 9 heteroatoms. The first-order valence-electron chi connectivity index (χ1n) is 13.4. The third-order valence-electron chi connectivity index (χ3n) is 4.79. The maximum atomic E-state index is 13.0. The lowest BCUT2D eigenvalue weighted by Crippen LogP contribution is -2.39. The van der Waals surface area contributed by atoms with Crippen LogP contribution in [0.3, 0.4) is 0 Å². The van der Waals surface area contributed by atoms with Crippen LogP contribution in [0.4, 0.5) is 33.3 Å². The van der Waals surface area contributed by atoms with E-state index in [-0.39, 0.29) is 5.56 Å². The molecule has 0 radical (unpaired) electrons. The van der Waals surface area contributed by atoms with Crippen molar-refractivity contribution >= 4 is 22.7 Å². The van der Waals surface area contributed by atoms with Crippen molar-refractivity contribution in [2.75, 3.05) is 31.3 Å². The van der Waals surface area contributed by atoms with Gasteiger partial charge in [-0.25, -0.2) is 4.39 Å². The van der Waals surface area contributed by atoms with Gasteiger partial charge in [0, 0.05) is 34.9 Å². The number of benzene rings is 1. The first-order valence-corrected chi connectivity index (χ1v) is 14.4. The Morgan fingerprint density at radius 1 is 1.18 bits per heavy atom. The van der Waals surface area contributed by atoms with Crippen LogP contribution < -0.4 is 16.4 Å². The van der Waals surface area contributed by atoms with Crippen molar-refractivity contribution in [2.45, 2.75) is 99.5 Å². The van der Waals surface area contributed by atoms with Gasteiger partial charge in [-0.2, -0.15) is 13.2 Å². The minimum atomic E-state index is -4.54. The largest absolute Gasteiger partial charge is 0.418 e. The van der Waals surface area contributed by atoms with Crippen LogP contribution in [0.2, 0.25) is 0 Å². The highest BCUT2D eigenvalue weighted by molar-refractivity contribution is 7.08. The van der Waals surface area contributed by atoms with Crippen molar-refractivity contribution in [2.24, 2.45) is 0 Å². The summed E-state index contributed by atoms with van der Waals surface area (Å²) in [6, 6.07) is 3.06. The number of nitrogen functional groups attached to an aromatic ring is 1. The molecule has 3 rings (SSSR count). The standard InChI is InChI=1S/C10H11F4N.C9H15NS.C4H9N.C3H8.C3H6.CH3F/c1-5-3-7(6(2)11)9(15)8(4-5)10(12,13)14;1-3-5-8-6-11-7-9(8)10-4-2;1-4-2-3-5-4;2*1-3-2;1-2/h3-4,6H,15H2,1-2H3;6-7,10H,3-5H2,1-2H3;4-5H,2-3H2,1H3;3H2,1-2H3;3H,1H2,2H3;1H3. The Hall–Kier alpha value is -2.13. The molecule has 2 heterocycles. The molecule has 1 aromatic heterocycles. The lowest BCUT2D eigenvalue weighted by Gasteiger charge is -2.22. The van der Waals surface area contributed by atoms with E-state index in [0.717, 1.165) is 25.6 Å². The maximum Gasteiger partial charge on any atom is 0.418 e. The Balaban J connectivity index is -0.000000469. The minimum absolute atomic E-state index is 0.109. The van der Waals surface area contributed by atoms with E-state index in [0.29, 0.717) is 12.7 Å². The van der Waals surface area contributed by atoms with Gasteiger partial charge in [-0.05, 0) is 76.6 Å². The fourth-order valence-corrected chi connectivity index (χ4v) is 3.80. The summed E-state index contributed by atoms with van der Waals surface area (Å²) in [5.74, 6) is 0. The van der Waals surface area contributed by atoms with Crippen LogP contribution in [0.15, 0.2) is 35.5 Å². The van der Waals surface area contributed by atoms with Gasteiger partial charge in [0.2, 0.25) is 0 Å². The first-order chi connectivity index (χ1) is 18.3. The van der Waals surface area contributed by atoms with Crippen LogP contribution in [-0.4, -0.2) is 26.3 Å². The average molecular weight is 582 g/mol. The predicted octanol–water partition coefficient (Wildman–Crippen LogP) is 10.3. The highest BCUT2D eigenvalue weighted by Gasteiger charge is 2.34. The number of allylic oxidation sites excluding steroid dienone is 1. The van der Waals surface area contributed by atoms with E-state index in [4.69, 9.17) is 5.73 Å². The van der Waals surface area contributed by atoms with E-state index in [1.54, 1.807) is 17.4 Å². The quantitative estimate of drug-likeness (QED) is 0.187. The molecule has 39 heavy (non-hydrogen) atoms. The molecule has 1 fully saturated rings. The number of thiophene rings is 1. The third-order valence-corrected chi connectivity index (χ3v) is 5.58. The van der Waals surface area contributed by atoms with Crippen LogP contribution in [0, 0.1) is 6.92 Å². The van der Waals surface area contributed by atoms with Crippen molar-refractivity contribution in [1.29, 1.82) is 0 Å². The van der Waals surface area contributed by atoms with Crippen LogP contribution in [0.1, 0.15) is 96.2 Å². The van der Waals surface area contributed by atoms with Crippen LogP contribution in [0.5, 0.6) is 0 Å². The molecular formula is C30H52F5N3S. The summed E-state index contributed by atoms with van der Waals surface area (Å²) in [6.07, 6.45) is 0.756. The Morgan fingerprint density at radius 2 is 1.67 bits per heavy atom. The summed E-state index contributed by atoms with van der Waals surface area (Å²) in [4.78, 5) is 0. The molecule has 1 aliphatic rings. The van der Waals surface area contributed by atoms with Crippen molar-refractivity contribution in [1.82, 2.24) is 5.32 Å². The molecule has 2 atom stereocenters. The molecule has 3 nitrogen and oxygen atoms in total. The van der Waals surface area contributed by atoms with Crippen LogP contribution in [0.25, 0.3) is 0 Å². The number of aryl methyl sites for hydroxylation is 2. The topological polar surface area (TPSA) is 50.1 Å². The average Bonchev–Trinajstić information content (AvgIpc) is 3.28. The Bertz CT molecular complexity index is 827. The van der Waals surface area contributed by atoms with Crippen molar-refractivity contribution in [3.8, 4) is 0 Å². The van der Waals surface area contributed by atoms with Gasteiger partial charge in [-0.3, -0.25) is 4.39 Å². The van der Waals surface area contributed by atoms with E-state index < -0.39 is 23.6 Å². The maximum absolute atomic E-state index is 13.0. The lowest BCUT2D eigenvalue weighted by molar-refractivity contribution is -0.137. The fourth-order valence-electron chi connectivity index (χ4n) is 2.95. The van der Waals surface area contributed by atoms with Gasteiger partial charge in [0.1, 0.15) is 6.17 Å². The molecule has 0 aliphatic carbocycles.